The number of hydrogen-bond donors (Lipinski definition) is 3. The maximum Gasteiger partial charge on any atom is 0.252 e. The first-order valence-electron chi connectivity index (χ1n) is 2.88. The first-order chi connectivity index (χ1) is 4.00. The van der Waals surface area contributed by atoms with Gasteiger partial charge in [-0.15, -0.1) is 0 Å². The van der Waals surface area contributed by atoms with Gasteiger partial charge in [0.25, 0.3) is 5.91 Å². The van der Waals surface area contributed by atoms with E-state index in [2.05, 4.69) is 0 Å². The molecule has 0 aromatic rings. The molecule has 1 amide bonds. The summed E-state index contributed by atoms with van der Waals surface area (Å²) in [5.41, 5.74) is 14.1. The summed E-state index contributed by atoms with van der Waals surface area (Å²) in [5, 5.41) is 0. The van der Waals surface area contributed by atoms with Gasteiger partial charge in [0, 0.05) is 0 Å². The van der Waals surface area contributed by atoms with Gasteiger partial charge >= 0.3 is 0 Å². The first-order valence-corrected chi connectivity index (χ1v) is 2.88. The molecule has 9 heavy (non-hydrogen) atoms. The van der Waals surface area contributed by atoms with E-state index in [4.69, 9.17) is 17.2 Å². The average Bonchev–Trinajstić information content (AvgIpc) is 1.65. The van der Waals surface area contributed by atoms with Crippen LogP contribution >= 0.6 is 0 Å². The van der Waals surface area contributed by atoms with Crippen molar-refractivity contribution in [1.82, 2.24) is 0 Å². The molecule has 54 valence electrons. The Kier molecular flexibility index (Phi) is 2.61. The zero-order valence-electron chi connectivity index (χ0n) is 5.55. The van der Waals surface area contributed by atoms with E-state index in [1.54, 1.807) is 0 Å². The monoisotopic (exact) mass is 131 g/mol. The fraction of sp³-hybridized carbons (Fsp3) is 0.800. The molecule has 6 N–H and O–H groups in total. The molecule has 0 heterocycles. The van der Waals surface area contributed by atoms with Crippen LogP contribution in [-0.2, 0) is 4.79 Å². The molecule has 0 rings (SSSR count). The molecule has 0 aliphatic heterocycles. The van der Waals surface area contributed by atoms with Crippen molar-refractivity contribution in [2.75, 3.05) is 0 Å². The summed E-state index contributed by atoms with van der Waals surface area (Å²) in [6.45, 7) is 1.89. The van der Waals surface area contributed by atoms with Crippen molar-refractivity contribution in [2.45, 2.75) is 25.4 Å². The maximum atomic E-state index is 10.4. The van der Waals surface area contributed by atoms with E-state index in [1.165, 1.54) is 0 Å². The fourth-order valence-corrected chi connectivity index (χ4v) is 0.537. The Hall–Kier alpha value is -0.610. The van der Waals surface area contributed by atoms with E-state index < -0.39 is 11.6 Å². The van der Waals surface area contributed by atoms with Crippen LogP contribution in [0.4, 0.5) is 0 Å². The third-order valence-corrected chi connectivity index (χ3v) is 1.12. The minimum atomic E-state index is -1.31. The van der Waals surface area contributed by atoms with Gasteiger partial charge in [-0.25, -0.2) is 0 Å². The van der Waals surface area contributed by atoms with Gasteiger partial charge in [0.05, 0.1) is 0 Å². The lowest BCUT2D eigenvalue weighted by atomic mass is 10.1. The van der Waals surface area contributed by atoms with Crippen molar-refractivity contribution in [3.63, 3.8) is 0 Å². The first kappa shape index (κ1) is 8.39. The second-order valence-electron chi connectivity index (χ2n) is 2.15. The van der Waals surface area contributed by atoms with Crippen LogP contribution in [0.15, 0.2) is 0 Å². The Labute approximate surface area is 54.4 Å². The predicted octanol–water partition coefficient (Wildman–Crippen LogP) is -1.11. The summed E-state index contributed by atoms with van der Waals surface area (Å²) in [5.74, 6) is -0.649. The van der Waals surface area contributed by atoms with Crippen LogP contribution in [0.3, 0.4) is 0 Å². The highest BCUT2D eigenvalue weighted by atomic mass is 16.1. The lowest BCUT2D eigenvalue weighted by molar-refractivity contribution is -0.123. The molecule has 0 fully saturated rings. The van der Waals surface area contributed by atoms with Gasteiger partial charge in [-0.3, -0.25) is 4.79 Å². The molecule has 0 atom stereocenters. The number of primary amides is 1. The molecule has 0 radical (unpaired) electrons. The highest BCUT2D eigenvalue weighted by Crippen LogP contribution is 1.99. The van der Waals surface area contributed by atoms with Crippen LogP contribution in [-0.4, -0.2) is 11.6 Å². The van der Waals surface area contributed by atoms with E-state index >= 15 is 0 Å². The topological polar surface area (TPSA) is 95.1 Å². The molecule has 0 aliphatic carbocycles. The van der Waals surface area contributed by atoms with Crippen molar-refractivity contribution >= 4 is 5.91 Å². The van der Waals surface area contributed by atoms with Crippen molar-refractivity contribution in [1.29, 1.82) is 0 Å². The van der Waals surface area contributed by atoms with Crippen molar-refractivity contribution in [3.05, 3.63) is 0 Å². The van der Waals surface area contributed by atoms with E-state index in [0.29, 0.717) is 6.42 Å². The summed E-state index contributed by atoms with van der Waals surface area (Å²) in [6, 6.07) is 0. The Morgan fingerprint density at radius 3 is 2.11 bits per heavy atom. The minimum absolute atomic E-state index is 0.433. The molecule has 0 aliphatic rings. The van der Waals surface area contributed by atoms with Gasteiger partial charge in [0.15, 0.2) is 0 Å². The molecule has 4 nitrogen and oxygen atoms in total. The van der Waals surface area contributed by atoms with Gasteiger partial charge in [0.2, 0.25) is 0 Å². The second kappa shape index (κ2) is 2.80. The lowest BCUT2D eigenvalue weighted by Gasteiger charge is -2.18. The number of rotatable bonds is 3. The number of hydrogen-bond acceptors (Lipinski definition) is 3. The maximum absolute atomic E-state index is 10.4. The summed E-state index contributed by atoms with van der Waals surface area (Å²) in [6.07, 6.45) is 1.19. The Balaban J connectivity index is 3.85. The molecule has 0 saturated heterocycles. The summed E-state index contributed by atoms with van der Waals surface area (Å²) in [4.78, 5) is 10.4. The Morgan fingerprint density at radius 2 is 2.00 bits per heavy atom. The Morgan fingerprint density at radius 1 is 1.56 bits per heavy atom. The average molecular weight is 131 g/mol. The SMILES string of the molecule is CCCC(N)(N)C(N)=O. The number of carbonyl (C=O) groups excluding carboxylic acids is 1. The van der Waals surface area contributed by atoms with E-state index in [9.17, 15) is 4.79 Å². The van der Waals surface area contributed by atoms with Gasteiger partial charge in [-0.1, -0.05) is 13.3 Å². The van der Waals surface area contributed by atoms with Gasteiger partial charge < -0.3 is 17.2 Å². The molecule has 0 unspecified atom stereocenters. The van der Waals surface area contributed by atoms with Crippen LogP contribution in [0.25, 0.3) is 0 Å². The van der Waals surface area contributed by atoms with Crippen molar-refractivity contribution in [3.8, 4) is 0 Å². The van der Waals surface area contributed by atoms with E-state index in [0.717, 1.165) is 6.42 Å². The van der Waals surface area contributed by atoms with Crippen molar-refractivity contribution in [2.24, 2.45) is 17.2 Å². The molecule has 4 heteroatoms. The molecular formula is C5H13N3O. The second-order valence-corrected chi connectivity index (χ2v) is 2.15. The molecule has 0 aromatic carbocycles. The molecule has 0 bridgehead atoms. The minimum Gasteiger partial charge on any atom is -0.367 e. The number of amides is 1. The normalized spacial score (nSPS) is 11.4. The van der Waals surface area contributed by atoms with Crippen molar-refractivity contribution < 1.29 is 4.79 Å². The molecular weight excluding hydrogens is 118 g/mol. The number of carbonyl (C=O) groups is 1. The zero-order chi connectivity index (χ0) is 7.49. The van der Waals surface area contributed by atoms with Crippen LogP contribution in [0.5, 0.6) is 0 Å². The fourth-order valence-electron chi connectivity index (χ4n) is 0.537. The van der Waals surface area contributed by atoms with Crippen LogP contribution < -0.4 is 17.2 Å². The van der Waals surface area contributed by atoms with Gasteiger partial charge in [0.1, 0.15) is 5.66 Å². The molecule has 0 aromatic heterocycles. The third-order valence-electron chi connectivity index (χ3n) is 1.12. The van der Waals surface area contributed by atoms with E-state index in [-0.39, 0.29) is 0 Å². The van der Waals surface area contributed by atoms with Crippen LogP contribution in [0.2, 0.25) is 0 Å². The highest BCUT2D eigenvalue weighted by molar-refractivity contribution is 5.83. The molecule has 0 spiro atoms. The lowest BCUT2D eigenvalue weighted by Crippen LogP contribution is -2.59. The zero-order valence-corrected chi connectivity index (χ0v) is 5.55. The van der Waals surface area contributed by atoms with Crippen LogP contribution in [0.1, 0.15) is 19.8 Å². The third kappa shape index (κ3) is 2.43. The van der Waals surface area contributed by atoms with Gasteiger partial charge in [-0.05, 0) is 6.42 Å². The summed E-state index contributed by atoms with van der Waals surface area (Å²) >= 11 is 0. The highest BCUT2D eigenvalue weighted by Gasteiger charge is 2.24. The van der Waals surface area contributed by atoms with Crippen LogP contribution in [0, 0.1) is 0 Å². The summed E-state index contributed by atoms with van der Waals surface area (Å²) < 4.78 is 0. The predicted molar refractivity (Wildman–Crippen MR) is 35.2 cm³/mol. The standard InChI is InChI=1S/C5H13N3O/c1-2-3-5(7,8)4(6)9/h2-3,7-8H2,1H3,(H2,6,9). The Bertz CT molecular complexity index is 111. The van der Waals surface area contributed by atoms with Gasteiger partial charge in [-0.2, -0.15) is 0 Å². The molecule has 0 saturated carbocycles. The quantitative estimate of drug-likeness (QED) is 0.423. The smallest absolute Gasteiger partial charge is 0.252 e. The largest absolute Gasteiger partial charge is 0.367 e. The summed E-state index contributed by atoms with van der Waals surface area (Å²) in [7, 11) is 0. The van der Waals surface area contributed by atoms with E-state index in [1.807, 2.05) is 6.92 Å². The number of nitrogens with two attached hydrogens (primary N) is 3.